The average Bonchev–Trinajstić information content (AvgIpc) is 2.51. The highest BCUT2D eigenvalue weighted by Gasteiger charge is 2.53. The Morgan fingerprint density at radius 1 is 1.18 bits per heavy atom. The standard InChI is InChI=1S/C20H24O2/c1-2-22-20(21)19-16-9-14-8-15(12-16)17(18(19)11-14)10-13-6-4-3-5-7-13/h3-7,10,14-16,18-19H,2,8-9,11-12H2,1H3. The minimum absolute atomic E-state index is 0.0512. The van der Waals surface area contributed by atoms with Gasteiger partial charge in [0.1, 0.15) is 0 Å². The average molecular weight is 296 g/mol. The number of benzene rings is 1. The van der Waals surface area contributed by atoms with E-state index in [1.807, 2.05) is 6.92 Å². The molecule has 116 valence electrons. The molecule has 4 bridgehead atoms. The van der Waals surface area contributed by atoms with Crippen molar-refractivity contribution >= 4 is 12.0 Å². The van der Waals surface area contributed by atoms with Gasteiger partial charge in [-0.05, 0) is 61.8 Å². The summed E-state index contributed by atoms with van der Waals surface area (Å²) in [6, 6.07) is 10.6. The molecule has 4 aliphatic rings. The number of hydrogen-bond donors (Lipinski definition) is 0. The smallest absolute Gasteiger partial charge is 0.309 e. The zero-order valence-corrected chi connectivity index (χ0v) is 13.2. The summed E-state index contributed by atoms with van der Waals surface area (Å²) in [7, 11) is 0. The third kappa shape index (κ3) is 2.29. The molecule has 2 nitrogen and oxygen atoms in total. The van der Waals surface area contributed by atoms with E-state index in [9.17, 15) is 4.79 Å². The molecule has 5 atom stereocenters. The monoisotopic (exact) mass is 296 g/mol. The van der Waals surface area contributed by atoms with E-state index in [0.29, 0.717) is 24.4 Å². The number of esters is 1. The lowest BCUT2D eigenvalue weighted by Crippen LogP contribution is -2.49. The molecule has 0 N–H and O–H groups in total. The van der Waals surface area contributed by atoms with Gasteiger partial charge < -0.3 is 4.74 Å². The third-order valence-electron chi connectivity index (χ3n) is 5.96. The summed E-state index contributed by atoms with van der Waals surface area (Å²) in [4.78, 5) is 12.5. The Balaban J connectivity index is 1.68. The van der Waals surface area contributed by atoms with E-state index in [-0.39, 0.29) is 11.9 Å². The fourth-order valence-electron chi connectivity index (χ4n) is 5.28. The van der Waals surface area contributed by atoms with E-state index in [0.717, 1.165) is 5.92 Å². The SMILES string of the molecule is CCOC(=O)C1C2CC3CC(C2)C(=Cc2ccccc2)C1C3. The van der Waals surface area contributed by atoms with Crippen molar-refractivity contribution in [1.29, 1.82) is 0 Å². The second-order valence-corrected chi connectivity index (χ2v) is 7.21. The Bertz CT molecular complexity index is 589. The third-order valence-corrected chi connectivity index (χ3v) is 5.96. The molecule has 5 unspecified atom stereocenters. The highest BCUT2D eigenvalue weighted by molar-refractivity contribution is 5.75. The van der Waals surface area contributed by atoms with Crippen molar-refractivity contribution in [3.63, 3.8) is 0 Å². The molecule has 4 aliphatic carbocycles. The van der Waals surface area contributed by atoms with E-state index in [2.05, 4.69) is 36.4 Å². The van der Waals surface area contributed by atoms with E-state index in [1.165, 1.54) is 36.8 Å². The van der Waals surface area contributed by atoms with Gasteiger partial charge in [-0.3, -0.25) is 4.79 Å². The predicted octanol–water partition coefficient (Wildman–Crippen LogP) is 4.32. The minimum atomic E-state index is 0.0512. The van der Waals surface area contributed by atoms with Crippen LogP contribution in [0.5, 0.6) is 0 Å². The highest BCUT2D eigenvalue weighted by atomic mass is 16.5. The first-order chi connectivity index (χ1) is 10.8. The summed E-state index contributed by atoms with van der Waals surface area (Å²) in [6.45, 7) is 2.41. The fourth-order valence-corrected chi connectivity index (χ4v) is 5.28. The Labute approximate surface area is 132 Å². The summed E-state index contributed by atoms with van der Waals surface area (Å²) >= 11 is 0. The van der Waals surface area contributed by atoms with Crippen LogP contribution in [0.3, 0.4) is 0 Å². The molecule has 0 aromatic heterocycles. The van der Waals surface area contributed by atoms with Gasteiger partial charge in [0, 0.05) is 0 Å². The molecule has 0 spiro atoms. The molecule has 0 amide bonds. The molecule has 22 heavy (non-hydrogen) atoms. The number of allylic oxidation sites excluding steroid dienone is 1. The summed E-state index contributed by atoms with van der Waals surface area (Å²) in [5.74, 6) is 2.70. The van der Waals surface area contributed by atoms with Gasteiger partial charge in [-0.25, -0.2) is 0 Å². The summed E-state index contributed by atoms with van der Waals surface area (Å²) < 4.78 is 5.40. The van der Waals surface area contributed by atoms with Crippen molar-refractivity contribution in [2.75, 3.05) is 6.61 Å². The zero-order valence-electron chi connectivity index (χ0n) is 13.2. The molecule has 1 aromatic rings. The molecule has 5 rings (SSSR count). The van der Waals surface area contributed by atoms with Crippen LogP contribution in [-0.2, 0) is 9.53 Å². The van der Waals surface area contributed by atoms with Crippen LogP contribution >= 0.6 is 0 Å². The first-order valence-electron chi connectivity index (χ1n) is 8.69. The summed E-state index contributed by atoms with van der Waals surface area (Å²) in [5.41, 5.74) is 2.80. The van der Waals surface area contributed by atoms with Crippen molar-refractivity contribution < 1.29 is 9.53 Å². The van der Waals surface area contributed by atoms with Crippen LogP contribution in [-0.4, -0.2) is 12.6 Å². The molecule has 0 aliphatic heterocycles. The van der Waals surface area contributed by atoms with Crippen molar-refractivity contribution in [2.45, 2.75) is 32.6 Å². The number of ether oxygens (including phenoxy) is 1. The van der Waals surface area contributed by atoms with Gasteiger partial charge in [-0.1, -0.05) is 42.0 Å². The van der Waals surface area contributed by atoms with Crippen LogP contribution in [0.1, 0.15) is 38.2 Å². The van der Waals surface area contributed by atoms with E-state index in [4.69, 9.17) is 4.74 Å². The Morgan fingerprint density at radius 2 is 2.00 bits per heavy atom. The maximum Gasteiger partial charge on any atom is 0.309 e. The highest BCUT2D eigenvalue weighted by Crippen LogP contribution is 2.59. The van der Waals surface area contributed by atoms with Crippen molar-refractivity contribution in [3.8, 4) is 0 Å². The van der Waals surface area contributed by atoms with Gasteiger partial charge in [0.25, 0.3) is 0 Å². The normalized spacial score (nSPS) is 37.5. The lowest BCUT2D eigenvalue weighted by molar-refractivity contribution is -0.158. The number of carbonyl (C=O) groups excluding carboxylic acids is 1. The van der Waals surface area contributed by atoms with Crippen LogP contribution in [0.2, 0.25) is 0 Å². The lowest BCUT2D eigenvalue weighted by atomic mass is 9.50. The molecule has 1 aromatic carbocycles. The van der Waals surface area contributed by atoms with Gasteiger partial charge in [-0.2, -0.15) is 0 Å². The Hall–Kier alpha value is -1.57. The zero-order chi connectivity index (χ0) is 15.1. The van der Waals surface area contributed by atoms with E-state index < -0.39 is 0 Å². The minimum Gasteiger partial charge on any atom is -0.466 e. The first-order valence-corrected chi connectivity index (χ1v) is 8.69. The number of rotatable bonds is 3. The first kappa shape index (κ1) is 14.0. The Morgan fingerprint density at radius 3 is 2.77 bits per heavy atom. The van der Waals surface area contributed by atoms with Gasteiger partial charge in [0.05, 0.1) is 12.5 Å². The molecule has 0 saturated heterocycles. The quantitative estimate of drug-likeness (QED) is 0.777. The van der Waals surface area contributed by atoms with Gasteiger partial charge >= 0.3 is 5.97 Å². The predicted molar refractivity (Wildman–Crippen MR) is 87.0 cm³/mol. The topological polar surface area (TPSA) is 26.3 Å². The molecular formula is C20H24O2. The lowest BCUT2D eigenvalue weighted by Gasteiger charge is -2.54. The maximum atomic E-state index is 12.5. The van der Waals surface area contributed by atoms with Gasteiger partial charge in [0.15, 0.2) is 0 Å². The van der Waals surface area contributed by atoms with Crippen molar-refractivity contribution in [3.05, 3.63) is 41.5 Å². The second-order valence-electron chi connectivity index (χ2n) is 7.21. The molecule has 2 heteroatoms. The number of carbonyl (C=O) groups is 1. The fraction of sp³-hybridized carbons (Fsp3) is 0.550. The number of hydrogen-bond acceptors (Lipinski definition) is 2. The van der Waals surface area contributed by atoms with Gasteiger partial charge in [-0.15, -0.1) is 0 Å². The van der Waals surface area contributed by atoms with Crippen LogP contribution < -0.4 is 0 Å². The van der Waals surface area contributed by atoms with Crippen LogP contribution in [0.25, 0.3) is 6.08 Å². The van der Waals surface area contributed by atoms with E-state index in [1.54, 1.807) is 0 Å². The molecule has 0 radical (unpaired) electrons. The van der Waals surface area contributed by atoms with E-state index >= 15 is 0 Å². The van der Waals surface area contributed by atoms with Crippen LogP contribution in [0.4, 0.5) is 0 Å². The maximum absolute atomic E-state index is 12.5. The molecule has 4 saturated carbocycles. The molecule has 4 fully saturated rings. The van der Waals surface area contributed by atoms with Gasteiger partial charge in [0.2, 0.25) is 0 Å². The van der Waals surface area contributed by atoms with Crippen molar-refractivity contribution in [1.82, 2.24) is 0 Å². The van der Waals surface area contributed by atoms with Crippen LogP contribution in [0, 0.1) is 29.6 Å². The summed E-state index contributed by atoms with van der Waals surface area (Å²) in [6.07, 6.45) is 7.32. The molecular weight excluding hydrogens is 272 g/mol. The Kier molecular flexibility index (Phi) is 3.56. The van der Waals surface area contributed by atoms with Crippen molar-refractivity contribution in [2.24, 2.45) is 29.6 Å². The largest absolute Gasteiger partial charge is 0.466 e. The molecule has 0 heterocycles. The van der Waals surface area contributed by atoms with Crippen LogP contribution in [0.15, 0.2) is 35.9 Å². The summed E-state index contributed by atoms with van der Waals surface area (Å²) in [5, 5.41) is 0. The second kappa shape index (κ2) is 5.57.